The molecule has 1 aliphatic rings. The van der Waals surface area contributed by atoms with Crippen molar-refractivity contribution in [1.29, 1.82) is 0 Å². The fourth-order valence-corrected chi connectivity index (χ4v) is 5.20. The van der Waals surface area contributed by atoms with Crippen LogP contribution in [0.15, 0.2) is 24.3 Å². The van der Waals surface area contributed by atoms with Crippen LogP contribution in [-0.4, -0.2) is 56.7 Å². The molecule has 3 heterocycles. The SMILES string of the molecule is CCCCc1nc(N2CCCN(C(=O)[C@@H](CC)CCCC)CC2)c2c(C)nn(-c3ccc(F)cc3)c2n1. The molecule has 8 heteroatoms. The Morgan fingerprint density at radius 1 is 1.00 bits per heavy atom. The summed E-state index contributed by atoms with van der Waals surface area (Å²) in [5, 5.41) is 5.73. The number of fused-ring (bicyclic) bond motifs is 1. The molecule has 2 aromatic heterocycles. The number of carbonyl (C=O) groups excluding carboxylic acids is 1. The zero-order valence-electron chi connectivity index (χ0n) is 22.8. The second kappa shape index (κ2) is 12.5. The molecule has 1 aliphatic heterocycles. The number of nitrogens with zero attached hydrogens (tertiary/aromatic N) is 6. The first kappa shape index (κ1) is 27.0. The first-order valence-electron chi connectivity index (χ1n) is 14.0. The molecular weight excluding hydrogens is 467 g/mol. The smallest absolute Gasteiger partial charge is 0.225 e. The minimum atomic E-state index is -0.278. The number of amides is 1. The Hall–Kier alpha value is -3.03. The number of anilines is 1. The van der Waals surface area contributed by atoms with Crippen LogP contribution in [0.2, 0.25) is 0 Å². The maximum Gasteiger partial charge on any atom is 0.225 e. The summed E-state index contributed by atoms with van der Waals surface area (Å²) in [6.45, 7) is 11.5. The Morgan fingerprint density at radius 3 is 2.46 bits per heavy atom. The Morgan fingerprint density at radius 2 is 1.76 bits per heavy atom. The van der Waals surface area contributed by atoms with Gasteiger partial charge >= 0.3 is 0 Å². The highest BCUT2D eigenvalue weighted by Gasteiger charge is 2.27. The fraction of sp³-hybridized carbons (Fsp3) is 0.586. The van der Waals surface area contributed by atoms with Gasteiger partial charge < -0.3 is 9.80 Å². The van der Waals surface area contributed by atoms with Crippen LogP contribution in [-0.2, 0) is 11.2 Å². The van der Waals surface area contributed by atoms with Crippen LogP contribution in [0.5, 0.6) is 0 Å². The van der Waals surface area contributed by atoms with Gasteiger partial charge in [0.05, 0.1) is 16.8 Å². The van der Waals surface area contributed by atoms with Crippen molar-refractivity contribution in [3.8, 4) is 5.69 Å². The van der Waals surface area contributed by atoms with Crippen molar-refractivity contribution in [3.63, 3.8) is 0 Å². The van der Waals surface area contributed by atoms with Gasteiger partial charge in [-0.3, -0.25) is 4.79 Å². The van der Waals surface area contributed by atoms with Crippen molar-refractivity contribution < 1.29 is 9.18 Å². The Bertz CT molecular complexity index is 1190. The second-order valence-electron chi connectivity index (χ2n) is 10.2. The molecule has 3 aromatic rings. The molecule has 1 amide bonds. The van der Waals surface area contributed by atoms with E-state index in [0.717, 1.165) is 105 Å². The number of hydrogen-bond donors (Lipinski definition) is 0. The van der Waals surface area contributed by atoms with Crippen LogP contribution < -0.4 is 4.90 Å². The molecule has 1 fully saturated rings. The van der Waals surface area contributed by atoms with Crippen molar-refractivity contribution in [3.05, 3.63) is 41.6 Å². The summed E-state index contributed by atoms with van der Waals surface area (Å²) in [6, 6.07) is 6.35. The lowest BCUT2D eigenvalue weighted by Crippen LogP contribution is -2.39. The highest BCUT2D eigenvalue weighted by atomic mass is 19.1. The number of aryl methyl sites for hydroxylation is 2. The summed E-state index contributed by atoms with van der Waals surface area (Å²) in [6.07, 6.45) is 7.85. The molecule has 1 atom stereocenters. The van der Waals surface area contributed by atoms with Gasteiger partial charge in [0.2, 0.25) is 5.91 Å². The molecule has 0 spiro atoms. The summed E-state index contributed by atoms with van der Waals surface area (Å²) < 4.78 is 15.4. The van der Waals surface area contributed by atoms with Gasteiger partial charge in [0.1, 0.15) is 17.5 Å². The van der Waals surface area contributed by atoms with E-state index in [1.54, 1.807) is 16.8 Å². The molecular formula is C29H41FN6O. The number of hydrogen-bond acceptors (Lipinski definition) is 5. The van der Waals surface area contributed by atoms with Gasteiger partial charge in [-0.15, -0.1) is 0 Å². The Labute approximate surface area is 220 Å². The lowest BCUT2D eigenvalue weighted by molar-refractivity contribution is -0.135. The molecule has 0 bridgehead atoms. The van der Waals surface area contributed by atoms with Crippen LogP contribution in [0.3, 0.4) is 0 Å². The predicted molar refractivity (Wildman–Crippen MR) is 147 cm³/mol. The van der Waals surface area contributed by atoms with Crippen LogP contribution >= 0.6 is 0 Å². The van der Waals surface area contributed by atoms with Crippen molar-refractivity contribution in [2.24, 2.45) is 5.92 Å². The fourth-order valence-electron chi connectivity index (χ4n) is 5.20. The van der Waals surface area contributed by atoms with E-state index in [0.29, 0.717) is 12.5 Å². The zero-order valence-corrected chi connectivity index (χ0v) is 22.8. The summed E-state index contributed by atoms with van der Waals surface area (Å²) in [5.41, 5.74) is 2.37. The first-order valence-corrected chi connectivity index (χ1v) is 14.0. The van der Waals surface area contributed by atoms with Gasteiger partial charge in [0.15, 0.2) is 5.65 Å². The van der Waals surface area contributed by atoms with Gasteiger partial charge in [-0.05, 0) is 56.9 Å². The largest absolute Gasteiger partial charge is 0.354 e. The van der Waals surface area contributed by atoms with Crippen LogP contribution in [0.1, 0.15) is 77.2 Å². The van der Waals surface area contributed by atoms with E-state index in [-0.39, 0.29) is 11.7 Å². The van der Waals surface area contributed by atoms with Gasteiger partial charge in [-0.1, -0.05) is 40.0 Å². The first-order chi connectivity index (χ1) is 18.0. The van der Waals surface area contributed by atoms with E-state index in [9.17, 15) is 9.18 Å². The van der Waals surface area contributed by atoms with Gasteiger partial charge in [-0.25, -0.2) is 19.0 Å². The van der Waals surface area contributed by atoms with E-state index in [4.69, 9.17) is 15.1 Å². The summed E-state index contributed by atoms with van der Waals surface area (Å²) >= 11 is 0. The summed E-state index contributed by atoms with van der Waals surface area (Å²) in [5.74, 6) is 1.84. The molecule has 37 heavy (non-hydrogen) atoms. The number of halogens is 1. The summed E-state index contributed by atoms with van der Waals surface area (Å²) in [7, 11) is 0. The lowest BCUT2D eigenvalue weighted by atomic mass is 9.97. The van der Waals surface area contributed by atoms with Crippen molar-refractivity contribution in [2.45, 2.75) is 79.1 Å². The Kier molecular flexibility index (Phi) is 9.11. The topological polar surface area (TPSA) is 67.2 Å². The number of benzene rings is 1. The molecule has 0 unspecified atom stereocenters. The monoisotopic (exact) mass is 508 g/mol. The standard InChI is InChI=1S/C29H41FN6O/c1-5-8-11-22(7-3)29(37)35-18-10-17-34(19-20-35)27-26-21(4)33-36(24-15-13-23(30)14-16-24)28(26)32-25(31-27)12-9-6-2/h13-16,22H,5-12,17-20H2,1-4H3/t22-/m0/s1. The molecule has 0 aliphatic carbocycles. The maximum absolute atomic E-state index is 13.6. The second-order valence-corrected chi connectivity index (χ2v) is 10.2. The number of unbranched alkanes of at least 4 members (excludes halogenated alkanes) is 2. The third kappa shape index (κ3) is 6.11. The van der Waals surface area contributed by atoms with Crippen LogP contribution in [0.25, 0.3) is 16.7 Å². The highest BCUT2D eigenvalue weighted by molar-refractivity contribution is 5.91. The number of rotatable bonds is 10. The quantitative estimate of drug-likeness (QED) is 0.343. The van der Waals surface area contributed by atoms with E-state index in [1.807, 2.05) is 6.92 Å². The summed E-state index contributed by atoms with van der Waals surface area (Å²) in [4.78, 5) is 27.6. The van der Waals surface area contributed by atoms with Crippen molar-refractivity contribution in [2.75, 3.05) is 31.1 Å². The van der Waals surface area contributed by atoms with E-state index < -0.39 is 0 Å². The zero-order chi connectivity index (χ0) is 26.4. The highest BCUT2D eigenvalue weighted by Crippen LogP contribution is 2.30. The van der Waals surface area contributed by atoms with E-state index in [2.05, 4.69) is 30.6 Å². The van der Waals surface area contributed by atoms with E-state index >= 15 is 0 Å². The number of carbonyl (C=O) groups is 1. The molecule has 1 aromatic carbocycles. The number of aromatic nitrogens is 4. The molecule has 0 N–H and O–H groups in total. The van der Waals surface area contributed by atoms with Crippen LogP contribution in [0, 0.1) is 18.7 Å². The van der Waals surface area contributed by atoms with Crippen LogP contribution in [0.4, 0.5) is 10.2 Å². The molecule has 7 nitrogen and oxygen atoms in total. The minimum absolute atomic E-state index is 0.120. The molecule has 0 saturated carbocycles. The molecule has 0 radical (unpaired) electrons. The van der Waals surface area contributed by atoms with Crippen molar-refractivity contribution in [1.82, 2.24) is 24.6 Å². The van der Waals surface area contributed by atoms with Crippen molar-refractivity contribution >= 4 is 22.8 Å². The lowest BCUT2D eigenvalue weighted by Gasteiger charge is -2.26. The van der Waals surface area contributed by atoms with Gasteiger partial charge in [0.25, 0.3) is 0 Å². The average molecular weight is 509 g/mol. The van der Waals surface area contributed by atoms with E-state index in [1.165, 1.54) is 12.1 Å². The minimum Gasteiger partial charge on any atom is -0.354 e. The van der Waals surface area contributed by atoms with Gasteiger partial charge in [0, 0.05) is 38.5 Å². The third-order valence-electron chi connectivity index (χ3n) is 7.41. The maximum atomic E-state index is 13.6. The normalized spacial score (nSPS) is 15.3. The third-order valence-corrected chi connectivity index (χ3v) is 7.41. The van der Waals surface area contributed by atoms with Gasteiger partial charge in [-0.2, -0.15) is 5.10 Å². The predicted octanol–water partition coefficient (Wildman–Crippen LogP) is 5.86. The Balaban J connectivity index is 1.67. The average Bonchev–Trinajstić information content (AvgIpc) is 3.07. The molecule has 200 valence electrons. The molecule has 1 saturated heterocycles. The molecule has 4 rings (SSSR count).